The summed E-state index contributed by atoms with van der Waals surface area (Å²) in [6.45, 7) is 7.79. The van der Waals surface area contributed by atoms with Gasteiger partial charge in [-0.15, -0.1) is 0 Å². The van der Waals surface area contributed by atoms with Crippen molar-refractivity contribution in [2.45, 2.75) is 45.4 Å². The summed E-state index contributed by atoms with van der Waals surface area (Å²) in [5, 5.41) is 19.2. The number of aryl methyl sites for hydroxylation is 1. The lowest BCUT2D eigenvalue weighted by molar-refractivity contribution is 0.256. The first-order valence-corrected chi connectivity index (χ1v) is 7.42. The lowest BCUT2D eigenvalue weighted by atomic mass is 10.00. The Morgan fingerprint density at radius 3 is 2.37 bits per heavy atom. The molecule has 0 heterocycles. The number of rotatable bonds is 6. The molecule has 0 aliphatic heterocycles. The van der Waals surface area contributed by atoms with Gasteiger partial charge in [-0.2, -0.15) is 0 Å². The van der Waals surface area contributed by atoms with E-state index in [2.05, 4.69) is 18.7 Å². The molecule has 3 nitrogen and oxygen atoms in total. The van der Waals surface area contributed by atoms with Gasteiger partial charge in [-0.25, -0.2) is 0 Å². The van der Waals surface area contributed by atoms with Crippen LogP contribution in [0.4, 0.5) is 0 Å². The predicted molar refractivity (Wildman–Crippen MR) is 77.9 cm³/mol. The van der Waals surface area contributed by atoms with Crippen molar-refractivity contribution in [1.82, 2.24) is 4.90 Å². The molecule has 0 radical (unpaired) electrons. The molecular formula is C16H25NO2. The largest absolute Gasteiger partial charge is 0.504 e. The van der Waals surface area contributed by atoms with Crippen LogP contribution < -0.4 is 0 Å². The summed E-state index contributed by atoms with van der Waals surface area (Å²) in [7, 11) is 0. The number of fused-ring (bicyclic) bond motifs is 1. The summed E-state index contributed by atoms with van der Waals surface area (Å²) in [6, 6.07) is 3.49. The van der Waals surface area contributed by atoms with Gasteiger partial charge in [0.25, 0.3) is 0 Å². The number of phenols is 2. The second kappa shape index (κ2) is 6.29. The molecule has 0 fully saturated rings. The fourth-order valence-electron chi connectivity index (χ4n) is 3.15. The normalized spacial score (nSPS) is 17.9. The fraction of sp³-hybridized carbons (Fsp3) is 0.625. The molecule has 1 aliphatic carbocycles. The van der Waals surface area contributed by atoms with Crippen molar-refractivity contribution in [3.63, 3.8) is 0 Å². The van der Waals surface area contributed by atoms with E-state index >= 15 is 0 Å². The number of hydrogen-bond donors (Lipinski definition) is 2. The molecule has 0 amide bonds. The SMILES string of the molecule is CCCN(CCC)C[C@@H]1CCc2cc(O)c(O)cc21. The average Bonchev–Trinajstić information content (AvgIpc) is 2.73. The van der Waals surface area contributed by atoms with Gasteiger partial charge >= 0.3 is 0 Å². The van der Waals surface area contributed by atoms with Gasteiger partial charge in [0, 0.05) is 6.54 Å². The Morgan fingerprint density at radius 1 is 1.11 bits per heavy atom. The van der Waals surface area contributed by atoms with Gasteiger partial charge in [0.1, 0.15) is 0 Å². The third kappa shape index (κ3) is 3.21. The predicted octanol–water partition coefficient (Wildman–Crippen LogP) is 3.25. The van der Waals surface area contributed by atoms with Gasteiger partial charge in [0.05, 0.1) is 0 Å². The van der Waals surface area contributed by atoms with E-state index in [9.17, 15) is 10.2 Å². The van der Waals surface area contributed by atoms with Crippen LogP contribution in [0, 0.1) is 0 Å². The second-order valence-electron chi connectivity index (χ2n) is 5.58. The summed E-state index contributed by atoms with van der Waals surface area (Å²) < 4.78 is 0. The number of benzene rings is 1. The van der Waals surface area contributed by atoms with Crippen LogP contribution in [0.1, 0.15) is 50.2 Å². The molecule has 0 saturated carbocycles. The van der Waals surface area contributed by atoms with Crippen molar-refractivity contribution in [1.29, 1.82) is 0 Å². The Balaban J connectivity index is 2.10. The molecule has 0 bridgehead atoms. The van der Waals surface area contributed by atoms with Gasteiger partial charge in [-0.3, -0.25) is 0 Å². The molecule has 2 N–H and O–H groups in total. The van der Waals surface area contributed by atoms with E-state index in [0.29, 0.717) is 5.92 Å². The van der Waals surface area contributed by atoms with Crippen LogP contribution in [0.25, 0.3) is 0 Å². The molecule has 1 atom stereocenters. The first kappa shape index (κ1) is 14.2. The highest BCUT2D eigenvalue weighted by Crippen LogP contribution is 2.39. The molecule has 0 aromatic heterocycles. The Hall–Kier alpha value is -1.22. The first-order chi connectivity index (χ1) is 9.15. The molecular weight excluding hydrogens is 238 g/mol. The second-order valence-corrected chi connectivity index (χ2v) is 5.58. The molecule has 19 heavy (non-hydrogen) atoms. The van der Waals surface area contributed by atoms with Crippen LogP contribution >= 0.6 is 0 Å². The minimum atomic E-state index is 0.0124. The highest BCUT2D eigenvalue weighted by molar-refractivity contribution is 5.49. The Morgan fingerprint density at radius 2 is 1.74 bits per heavy atom. The third-order valence-electron chi connectivity index (χ3n) is 4.00. The number of nitrogens with zero attached hydrogens (tertiary/aromatic N) is 1. The van der Waals surface area contributed by atoms with Crippen LogP contribution in [0.5, 0.6) is 11.5 Å². The summed E-state index contributed by atoms with van der Waals surface area (Å²) in [5.74, 6) is 0.529. The fourth-order valence-corrected chi connectivity index (χ4v) is 3.15. The molecule has 1 aromatic rings. The van der Waals surface area contributed by atoms with E-state index < -0.39 is 0 Å². The highest BCUT2D eigenvalue weighted by Gasteiger charge is 2.25. The van der Waals surface area contributed by atoms with E-state index in [-0.39, 0.29) is 11.5 Å². The van der Waals surface area contributed by atoms with Crippen molar-refractivity contribution in [3.05, 3.63) is 23.3 Å². The van der Waals surface area contributed by atoms with Gasteiger partial charge in [0.15, 0.2) is 11.5 Å². The maximum atomic E-state index is 9.68. The Bertz CT molecular complexity index is 425. The summed E-state index contributed by atoms with van der Waals surface area (Å²) in [5.41, 5.74) is 2.43. The van der Waals surface area contributed by atoms with E-state index in [0.717, 1.165) is 32.5 Å². The van der Waals surface area contributed by atoms with E-state index in [1.54, 1.807) is 12.1 Å². The van der Waals surface area contributed by atoms with Crippen LogP contribution in [0.2, 0.25) is 0 Å². The molecule has 1 aliphatic rings. The molecule has 106 valence electrons. The van der Waals surface area contributed by atoms with Gasteiger partial charge in [0.2, 0.25) is 0 Å². The zero-order valence-corrected chi connectivity index (χ0v) is 12.0. The van der Waals surface area contributed by atoms with Crippen LogP contribution in [-0.2, 0) is 6.42 Å². The minimum absolute atomic E-state index is 0.0124. The van der Waals surface area contributed by atoms with Crippen molar-refractivity contribution >= 4 is 0 Å². The Kier molecular flexibility index (Phi) is 4.70. The van der Waals surface area contributed by atoms with Crippen molar-refractivity contribution in [3.8, 4) is 11.5 Å². The molecule has 0 spiro atoms. The lowest BCUT2D eigenvalue weighted by Gasteiger charge is -2.25. The quantitative estimate of drug-likeness (QED) is 0.774. The highest BCUT2D eigenvalue weighted by atomic mass is 16.3. The molecule has 0 unspecified atom stereocenters. The van der Waals surface area contributed by atoms with Crippen molar-refractivity contribution in [2.75, 3.05) is 19.6 Å². The average molecular weight is 263 g/mol. The smallest absolute Gasteiger partial charge is 0.157 e. The summed E-state index contributed by atoms with van der Waals surface area (Å²) in [4.78, 5) is 2.52. The van der Waals surface area contributed by atoms with E-state index in [4.69, 9.17) is 0 Å². The first-order valence-electron chi connectivity index (χ1n) is 7.42. The molecule has 1 aromatic carbocycles. The maximum Gasteiger partial charge on any atom is 0.157 e. The van der Waals surface area contributed by atoms with Gasteiger partial charge < -0.3 is 15.1 Å². The van der Waals surface area contributed by atoms with Crippen molar-refractivity contribution < 1.29 is 10.2 Å². The Labute approximate surface area is 115 Å². The van der Waals surface area contributed by atoms with Crippen LogP contribution in [0.3, 0.4) is 0 Å². The lowest BCUT2D eigenvalue weighted by Crippen LogP contribution is -2.29. The third-order valence-corrected chi connectivity index (χ3v) is 4.00. The maximum absolute atomic E-state index is 9.68. The number of phenolic OH excluding ortho intramolecular Hbond substituents is 2. The molecule has 0 saturated heterocycles. The van der Waals surface area contributed by atoms with Crippen LogP contribution in [0.15, 0.2) is 12.1 Å². The van der Waals surface area contributed by atoms with Gasteiger partial charge in [-0.1, -0.05) is 13.8 Å². The monoisotopic (exact) mass is 263 g/mol. The van der Waals surface area contributed by atoms with E-state index in [1.807, 2.05) is 0 Å². The van der Waals surface area contributed by atoms with Crippen LogP contribution in [-0.4, -0.2) is 34.7 Å². The summed E-state index contributed by atoms with van der Waals surface area (Å²) >= 11 is 0. The topological polar surface area (TPSA) is 43.7 Å². The number of hydrogen-bond acceptors (Lipinski definition) is 3. The molecule has 3 heteroatoms. The van der Waals surface area contributed by atoms with Gasteiger partial charge in [-0.05, 0) is 68.0 Å². The minimum Gasteiger partial charge on any atom is -0.504 e. The number of aromatic hydroxyl groups is 2. The summed E-state index contributed by atoms with van der Waals surface area (Å²) in [6.07, 6.45) is 4.50. The zero-order chi connectivity index (χ0) is 13.8. The standard InChI is InChI=1S/C16H25NO2/c1-3-7-17(8-4-2)11-13-6-5-12-9-15(18)16(19)10-14(12)13/h9-10,13,18-19H,3-8,11H2,1-2H3/t13-/m0/s1. The van der Waals surface area contributed by atoms with E-state index in [1.165, 1.54) is 24.0 Å². The zero-order valence-electron chi connectivity index (χ0n) is 12.0. The molecule has 2 rings (SSSR count). The van der Waals surface area contributed by atoms with Crippen molar-refractivity contribution in [2.24, 2.45) is 0 Å².